The topological polar surface area (TPSA) is 49.3 Å². The summed E-state index contributed by atoms with van der Waals surface area (Å²) in [6.45, 7) is 1.99. The van der Waals surface area contributed by atoms with Crippen molar-refractivity contribution < 1.29 is 9.90 Å². The predicted molar refractivity (Wildman–Crippen MR) is 53.6 cm³/mol. The molecule has 3 nitrogen and oxygen atoms in total. The van der Waals surface area contributed by atoms with E-state index >= 15 is 0 Å². The lowest BCUT2D eigenvalue weighted by Gasteiger charge is -2.08. The first-order valence-corrected chi connectivity index (χ1v) is 4.81. The molecule has 0 radical (unpaired) electrons. The highest BCUT2D eigenvalue weighted by Crippen LogP contribution is 2.22. The number of hydrogen-bond acceptors (Lipinski definition) is 2. The Kier molecular flexibility index (Phi) is 2.50. The second kappa shape index (κ2) is 3.80. The molecule has 1 atom stereocenters. The molecule has 1 aliphatic rings. The molecule has 0 amide bonds. The van der Waals surface area contributed by atoms with Crippen LogP contribution in [0.2, 0.25) is 0 Å². The van der Waals surface area contributed by atoms with Gasteiger partial charge in [-0.3, -0.25) is 0 Å². The minimum absolute atomic E-state index is 0.384. The van der Waals surface area contributed by atoms with E-state index in [0.717, 1.165) is 25.1 Å². The summed E-state index contributed by atoms with van der Waals surface area (Å²) in [5, 5.41) is 12.1. The van der Waals surface area contributed by atoms with Gasteiger partial charge < -0.3 is 10.4 Å². The van der Waals surface area contributed by atoms with Gasteiger partial charge in [0.2, 0.25) is 0 Å². The summed E-state index contributed by atoms with van der Waals surface area (Å²) in [7, 11) is 0. The highest BCUT2D eigenvalue weighted by molar-refractivity contribution is 5.87. The monoisotopic (exact) mass is 191 g/mol. The van der Waals surface area contributed by atoms with E-state index in [1.807, 2.05) is 12.1 Å². The van der Waals surface area contributed by atoms with E-state index in [-0.39, 0.29) is 0 Å². The lowest BCUT2D eigenvalue weighted by molar-refractivity contribution is 0.0696. The van der Waals surface area contributed by atoms with Gasteiger partial charge in [-0.05, 0) is 36.6 Å². The molecule has 0 spiro atoms. The molecule has 1 aromatic rings. The van der Waals surface area contributed by atoms with E-state index in [2.05, 4.69) is 5.32 Å². The molecule has 1 aliphatic heterocycles. The molecule has 1 fully saturated rings. The van der Waals surface area contributed by atoms with E-state index in [9.17, 15) is 4.79 Å². The summed E-state index contributed by atoms with van der Waals surface area (Å²) in [5.41, 5.74) is 1.52. The molecule has 0 aromatic heterocycles. The first-order valence-electron chi connectivity index (χ1n) is 4.81. The fraction of sp³-hybridized carbons (Fsp3) is 0.364. The number of carboxylic acids is 1. The second-order valence-corrected chi connectivity index (χ2v) is 3.62. The van der Waals surface area contributed by atoms with E-state index in [1.165, 1.54) is 0 Å². The maximum absolute atomic E-state index is 10.8. The van der Waals surface area contributed by atoms with Crippen LogP contribution in [0.15, 0.2) is 24.3 Å². The maximum Gasteiger partial charge on any atom is 0.335 e. The number of rotatable bonds is 2. The Labute approximate surface area is 82.8 Å². The van der Waals surface area contributed by atoms with Crippen LogP contribution in [0, 0.1) is 0 Å². The van der Waals surface area contributed by atoms with Crippen LogP contribution in [0.25, 0.3) is 0 Å². The molecular weight excluding hydrogens is 178 g/mol. The first kappa shape index (κ1) is 9.21. The minimum Gasteiger partial charge on any atom is -0.478 e. The van der Waals surface area contributed by atoms with Gasteiger partial charge in [-0.15, -0.1) is 0 Å². The highest BCUT2D eigenvalue weighted by Gasteiger charge is 2.17. The normalized spacial score (nSPS) is 21.0. The summed E-state index contributed by atoms with van der Waals surface area (Å²) in [5.74, 6) is -0.368. The molecule has 1 saturated heterocycles. The third-order valence-corrected chi connectivity index (χ3v) is 2.67. The number of hydrogen-bond donors (Lipinski definition) is 2. The van der Waals surface area contributed by atoms with Crippen molar-refractivity contribution >= 4 is 5.97 Å². The molecule has 14 heavy (non-hydrogen) atoms. The fourth-order valence-electron chi connectivity index (χ4n) is 1.86. The third-order valence-electron chi connectivity index (χ3n) is 2.67. The van der Waals surface area contributed by atoms with Crippen LogP contribution >= 0.6 is 0 Å². The van der Waals surface area contributed by atoms with Crippen LogP contribution in [0.1, 0.15) is 28.3 Å². The van der Waals surface area contributed by atoms with Crippen molar-refractivity contribution in [3.63, 3.8) is 0 Å². The van der Waals surface area contributed by atoms with Gasteiger partial charge >= 0.3 is 5.97 Å². The second-order valence-electron chi connectivity index (χ2n) is 3.62. The zero-order chi connectivity index (χ0) is 9.97. The Morgan fingerprint density at radius 2 is 2.36 bits per heavy atom. The average Bonchev–Trinajstić information content (AvgIpc) is 2.71. The van der Waals surface area contributed by atoms with E-state index in [0.29, 0.717) is 11.5 Å². The van der Waals surface area contributed by atoms with Gasteiger partial charge in [-0.1, -0.05) is 12.1 Å². The highest BCUT2D eigenvalue weighted by atomic mass is 16.4. The number of nitrogens with one attached hydrogen (secondary N) is 1. The Morgan fingerprint density at radius 1 is 1.50 bits per heavy atom. The van der Waals surface area contributed by atoms with E-state index in [4.69, 9.17) is 5.11 Å². The first-order chi connectivity index (χ1) is 6.77. The van der Waals surface area contributed by atoms with Crippen molar-refractivity contribution in [2.75, 3.05) is 13.1 Å². The zero-order valence-electron chi connectivity index (χ0n) is 7.86. The summed E-state index contributed by atoms with van der Waals surface area (Å²) in [4.78, 5) is 10.8. The fourth-order valence-corrected chi connectivity index (χ4v) is 1.86. The molecule has 2 N–H and O–H groups in total. The Hall–Kier alpha value is -1.35. The van der Waals surface area contributed by atoms with Crippen molar-refractivity contribution in [2.24, 2.45) is 0 Å². The van der Waals surface area contributed by atoms with E-state index in [1.54, 1.807) is 12.1 Å². The quantitative estimate of drug-likeness (QED) is 0.744. The van der Waals surface area contributed by atoms with Crippen LogP contribution < -0.4 is 5.32 Å². The maximum atomic E-state index is 10.8. The van der Waals surface area contributed by atoms with Gasteiger partial charge in [0.25, 0.3) is 0 Å². The Balaban J connectivity index is 2.25. The summed E-state index contributed by atoms with van der Waals surface area (Å²) in [6.07, 6.45) is 1.10. The minimum atomic E-state index is -0.849. The number of benzene rings is 1. The Morgan fingerprint density at radius 3 is 3.00 bits per heavy atom. The van der Waals surface area contributed by atoms with Crippen LogP contribution in [-0.4, -0.2) is 24.2 Å². The predicted octanol–water partition coefficient (Wildman–Crippen LogP) is 1.46. The van der Waals surface area contributed by atoms with Crippen molar-refractivity contribution in [2.45, 2.75) is 12.3 Å². The van der Waals surface area contributed by atoms with Gasteiger partial charge in [0.15, 0.2) is 0 Å². The molecule has 0 bridgehead atoms. The molecule has 0 aliphatic carbocycles. The molecule has 1 unspecified atom stereocenters. The van der Waals surface area contributed by atoms with Crippen molar-refractivity contribution in [3.05, 3.63) is 35.4 Å². The molecule has 74 valence electrons. The summed E-state index contributed by atoms with van der Waals surface area (Å²) in [6, 6.07) is 7.23. The van der Waals surface area contributed by atoms with Crippen molar-refractivity contribution in [1.82, 2.24) is 5.32 Å². The summed E-state index contributed by atoms with van der Waals surface area (Å²) >= 11 is 0. The van der Waals surface area contributed by atoms with Crippen molar-refractivity contribution in [1.29, 1.82) is 0 Å². The zero-order valence-corrected chi connectivity index (χ0v) is 7.86. The van der Waals surface area contributed by atoms with Gasteiger partial charge in [-0.25, -0.2) is 4.79 Å². The smallest absolute Gasteiger partial charge is 0.335 e. The standard InChI is InChI=1S/C11H13NO2/c13-11(14)9-3-1-2-8(6-9)10-4-5-12-7-10/h1-3,6,10,12H,4-5,7H2,(H,13,14). The molecule has 3 heteroatoms. The Bertz CT molecular complexity index is 343. The van der Waals surface area contributed by atoms with Crippen LogP contribution in [-0.2, 0) is 0 Å². The van der Waals surface area contributed by atoms with Gasteiger partial charge in [-0.2, -0.15) is 0 Å². The SMILES string of the molecule is O=C(O)c1cccc(C2CCNC2)c1. The van der Waals surface area contributed by atoms with Crippen LogP contribution in [0.5, 0.6) is 0 Å². The van der Waals surface area contributed by atoms with Crippen molar-refractivity contribution in [3.8, 4) is 0 Å². The van der Waals surface area contributed by atoms with Crippen LogP contribution in [0.3, 0.4) is 0 Å². The number of carbonyl (C=O) groups is 1. The average molecular weight is 191 g/mol. The molecule has 1 heterocycles. The molecule has 2 rings (SSSR count). The third kappa shape index (κ3) is 1.77. The number of aromatic carboxylic acids is 1. The van der Waals surface area contributed by atoms with Gasteiger partial charge in [0, 0.05) is 6.54 Å². The largest absolute Gasteiger partial charge is 0.478 e. The number of carboxylic acid groups (broad SMARTS) is 1. The molecule has 0 saturated carbocycles. The summed E-state index contributed by atoms with van der Waals surface area (Å²) < 4.78 is 0. The van der Waals surface area contributed by atoms with Crippen LogP contribution in [0.4, 0.5) is 0 Å². The lowest BCUT2D eigenvalue weighted by Crippen LogP contribution is -2.08. The molecular formula is C11H13NO2. The lowest BCUT2D eigenvalue weighted by atomic mass is 9.97. The van der Waals surface area contributed by atoms with Gasteiger partial charge in [0.1, 0.15) is 0 Å². The van der Waals surface area contributed by atoms with Gasteiger partial charge in [0.05, 0.1) is 5.56 Å². The molecule has 1 aromatic carbocycles. The van der Waals surface area contributed by atoms with E-state index < -0.39 is 5.97 Å².